The first kappa shape index (κ1) is 13.4. The molecular weight excluding hydrogens is 264 g/mol. The molecule has 0 atom stereocenters. The molecule has 0 aliphatic heterocycles. The van der Waals surface area contributed by atoms with Crippen molar-refractivity contribution in [2.24, 2.45) is 0 Å². The van der Waals surface area contributed by atoms with Crippen molar-refractivity contribution in [2.75, 3.05) is 7.11 Å². The average Bonchev–Trinajstić information content (AvgIpc) is 2.51. The van der Waals surface area contributed by atoms with Gasteiger partial charge >= 0.3 is 0 Å². The fourth-order valence-corrected chi connectivity index (χ4v) is 2.43. The summed E-state index contributed by atoms with van der Waals surface area (Å²) in [4.78, 5) is 12.5. The maximum Gasteiger partial charge on any atom is 0.274 e. The molecule has 0 aliphatic rings. The third-order valence-electron chi connectivity index (χ3n) is 3.52. The molecule has 4 heteroatoms. The molecule has 3 aromatic rings. The summed E-state index contributed by atoms with van der Waals surface area (Å²) in [6.07, 6.45) is 1.72. The van der Waals surface area contributed by atoms with E-state index in [4.69, 9.17) is 4.74 Å². The Morgan fingerprint density at radius 2 is 2.00 bits per heavy atom. The van der Waals surface area contributed by atoms with Gasteiger partial charge in [-0.2, -0.15) is 5.10 Å². The number of aromatic nitrogens is 2. The monoisotopic (exact) mass is 280 g/mol. The Balaban J connectivity index is 2.08. The lowest BCUT2D eigenvalue weighted by molar-refractivity contribution is 0.406. The first-order chi connectivity index (χ1) is 10.2. The van der Waals surface area contributed by atoms with Gasteiger partial charge in [0.15, 0.2) is 0 Å². The van der Waals surface area contributed by atoms with Gasteiger partial charge in [-0.3, -0.25) is 4.79 Å². The van der Waals surface area contributed by atoms with Crippen molar-refractivity contribution in [1.29, 1.82) is 0 Å². The number of methoxy groups -OCH3 is 1. The van der Waals surface area contributed by atoms with E-state index >= 15 is 0 Å². The quantitative estimate of drug-likeness (QED) is 0.741. The second-order valence-corrected chi connectivity index (χ2v) is 5.01. The molecule has 0 unspecified atom stereocenters. The topological polar surface area (TPSA) is 44.1 Å². The van der Waals surface area contributed by atoms with E-state index in [1.165, 1.54) is 4.68 Å². The number of rotatable bonds is 3. The van der Waals surface area contributed by atoms with Gasteiger partial charge in [0.2, 0.25) is 0 Å². The zero-order valence-corrected chi connectivity index (χ0v) is 12.0. The third-order valence-corrected chi connectivity index (χ3v) is 3.52. The average molecular weight is 280 g/mol. The molecule has 1 aromatic heterocycles. The van der Waals surface area contributed by atoms with Gasteiger partial charge in [-0.05, 0) is 19.1 Å². The van der Waals surface area contributed by atoms with Crippen LogP contribution in [0.25, 0.3) is 10.8 Å². The maximum atomic E-state index is 12.5. The lowest BCUT2D eigenvalue weighted by atomic mass is 10.1. The highest BCUT2D eigenvalue weighted by Gasteiger charge is 2.08. The second-order valence-electron chi connectivity index (χ2n) is 5.01. The van der Waals surface area contributed by atoms with Gasteiger partial charge in [0, 0.05) is 10.9 Å². The molecule has 106 valence electrons. The van der Waals surface area contributed by atoms with Gasteiger partial charge in [0.1, 0.15) is 5.75 Å². The number of benzene rings is 2. The molecule has 0 aliphatic carbocycles. The highest BCUT2D eigenvalue weighted by Crippen LogP contribution is 2.20. The number of hydrogen-bond acceptors (Lipinski definition) is 3. The third kappa shape index (κ3) is 2.52. The Labute approximate surface area is 122 Å². The fourth-order valence-electron chi connectivity index (χ4n) is 2.43. The molecule has 0 bridgehead atoms. The van der Waals surface area contributed by atoms with Crippen LogP contribution in [0.3, 0.4) is 0 Å². The van der Waals surface area contributed by atoms with Crippen LogP contribution >= 0.6 is 0 Å². The highest BCUT2D eigenvalue weighted by atomic mass is 16.5. The summed E-state index contributed by atoms with van der Waals surface area (Å²) < 4.78 is 6.83. The first-order valence-electron chi connectivity index (χ1n) is 6.77. The van der Waals surface area contributed by atoms with E-state index in [9.17, 15) is 4.79 Å². The van der Waals surface area contributed by atoms with Crippen LogP contribution in [0.5, 0.6) is 5.75 Å². The summed E-state index contributed by atoms with van der Waals surface area (Å²) in [5.41, 5.74) is 1.98. The van der Waals surface area contributed by atoms with Crippen molar-refractivity contribution >= 4 is 10.8 Å². The van der Waals surface area contributed by atoms with E-state index in [0.29, 0.717) is 11.9 Å². The predicted molar refractivity (Wildman–Crippen MR) is 82.8 cm³/mol. The van der Waals surface area contributed by atoms with Crippen LogP contribution in [-0.2, 0) is 6.54 Å². The summed E-state index contributed by atoms with van der Waals surface area (Å²) in [7, 11) is 1.63. The van der Waals surface area contributed by atoms with Gasteiger partial charge < -0.3 is 4.74 Å². The number of nitrogens with zero attached hydrogens (tertiary/aromatic N) is 2. The Morgan fingerprint density at radius 3 is 2.81 bits per heavy atom. The largest absolute Gasteiger partial charge is 0.496 e. The smallest absolute Gasteiger partial charge is 0.274 e. The van der Waals surface area contributed by atoms with Crippen molar-refractivity contribution in [2.45, 2.75) is 13.5 Å². The maximum absolute atomic E-state index is 12.5. The fraction of sp³-hybridized carbons (Fsp3) is 0.176. The molecule has 0 radical (unpaired) electrons. The lowest BCUT2D eigenvalue weighted by Crippen LogP contribution is -2.23. The van der Waals surface area contributed by atoms with Crippen molar-refractivity contribution < 1.29 is 4.74 Å². The number of fused-ring (bicyclic) bond motifs is 1. The van der Waals surface area contributed by atoms with Gasteiger partial charge in [-0.1, -0.05) is 35.9 Å². The molecule has 3 rings (SSSR count). The minimum Gasteiger partial charge on any atom is -0.496 e. The molecule has 0 saturated carbocycles. The highest BCUT2D eigenvalue weighted by molar-refractivity contribution is 5.80. The summed E-state index contributed by atoms with van der Waals surface area (Å²) in [5, 5.41) is 5.79. The van der Waals surface area contributed by atoms with E-state index < -0.39 is 0 Å². The summed E-state index contributed by atoms with van der Waals surface area (Å²) >= 11 is 0. The zero-order valence-electron chi connectivity index (χ0n) is 12.0. The number of ether oxygens (including phenoxy) is 1. The van der Waals surface area contributed by atoms with Crippen LogP contribution < -0.4 is 10.3 Å². The molecule has 0 N–H and O–H groups in total. The van der Waals surface area contributed by atoms with Crippen LogP contribution in [-0.4, -0.2) is 16.9 Å². The molecular formula is C17H16N2O2. The van der Waals surface area contributed by atoms with E-state index in [0.717, 1.165) is 22.3 Å². The van der Waals surface area contributed by atoms with E-state index in [1.54, 1.807) is 13.3 Å². The Morgan fingerprint density at radius 1 is 1.19 bits per heavy atom. The SMILES string of the molecule is COc1ccc(C)cc1Cn1ncc2ccccc2c1=O. The minimum atomic E-state index is -0.0864. The van der Waals surface area contributed by atoms with Gasteiger partial charge in [-0.25, -0.2) is 4.68 Å². The molecule has 0 saturated heterocycles. The molecule has 0 spiro atoms. The molecule has 0 fully saturated rings. The number of aryl methyl sites for hydroxylation is 1. The number of hydrogen-bond donors (Lipinski definition) is 0. The van der Waals surface area contributed by atoms with Crippen LogP contribution in [0.4, 0.5) is 0 Å². The van der Waals surface area contributed by atoms with Crippen molar-refractivity contribution in [3.63, 3.8) is 0 Å². The van der Waals surface area contributed by atoms with Crippen molar-refractivity contribution in [3.8, 4) is 5.75 Å². The Bertz CT molecular complexity index is 853. The summed E-state index contributed by atoms with van der Waals surface area (Å²) in [6, 6.07) is 13.4. The van der Waals surface area contributed by atoms with Crippen LogP contribution in [0, 0.1) is 6.92 Å². The minimum absolute atomic E-state index is 0.0864. The first-order valence-corrected chi connectivity index (χ1v) is 6.77. The standard InChI is InChI=1S/C17H16N2O2/c1-12-7-8-16(21-2)14(9-12)11-19-17(20)15-6-4-3-5-13(15)10-18-19/h3-10H,11H2,1-2H3. The van der Waals surface area contributed by atoms with Crippen LogP contribution in [0.1, 0.15) is 11.1 Å². The van der Waals surface area contributed by atoms with Gasteiger partial charge in [0.05, 0.1) is 25.2 Å². The Hall–Kier alpha value is -2.62. The normalized spacial score (nSPS) is 10.8. The van der Waals surface area contributed by atoms with Crippen LogP contribution in [0.15, 0.2) is 53.5 Å². The molecule has 0 amide bonds. The van der Waals surface area contributed by atoms with Gasteiger partial charge in [0.25, 0.3) is 5.56 Å². The molecule has 21 heavy (non-hydrogen) atoms. The van der Waals surface area contributed by atoms with Gasteiger partial charge in [-0.15, -0.1) is 0 Å². The molecule has 4 nitrogen and oxygen atoms in total. The second kappa shape index (κ2) is 5.40. The van der Waals surface area contributed by atoms with E-state index in [1.807, 2.05) is 49.4 Å². The van der Waals surface area contributed by atoms with Crippen molar-refractivity contribution in [1.82, 2.24) is 9.78 Å². The molecule has 2 aromatic carbocycles. The lowest BCUT2D eigenvalue weighted by Gasteiger charge is -2.11. The van der Waals surface area contributed by atoms with E-state index in [-0.39, 0.29) is 5.56 Å². The molecule has 1 heterocycles. The zero-order chi connectivity index (χ0) is 14.8. The summed E-state index contributed by atoms with van der Waals surface area (Å²) in [5.74, 6) is 0.766. The van der Waals surface area contributed by atoms with Crippen LogP contribution in [0.2, 0.25) is 0 Å². The van der Waals surface area contributed by atoms with Crippen molar-refractivity contribution in [3.05, 3.63) is 70.1 Å². The van der Waals surface area contributed by atoms with E-state index in [2.05, 4.69) is 5.10 Å². The summed E-state index contributed by atoms with van der Waals surface area (Å²) in [6.45, 7) is 2.41. The Kier molecular flexibility index (Phi) is 3.44. The predicted octanol–water partition coefficient (Wildman–Crippen LogP) is 2.76.